The zero-order valence-electron chi connectivity index (χ0n) is 9.87. The Morgan fingerprint density at radius 1 is 1.38 bits per heavy atom. The average Bonchev–Trinajstić information content (AvgIpc) is 2.25. The van der Waals surface area contributed by atoms with Crippen LogP contribution in [0.2, 0.25) is 0 Å². The highest BCUT2D eigenvalue weighted by Crippen LogP contribution is 2.17. The van der Waals surface area contributed by atoms with Gasteiger partial charge in [0.25, 0.3) is 0 Å². The van der Waals surface area contributed by atoms with Gasteiger partial charge in [0.05, 0.1) is 5.75 Å². The van der Waals surface area contributed by atoms with Crippen molar-refractivity contribution in [2.24, 2.45) is 0 Å². The Kier molecular flexibility index (Phi) is 6.72. The molecule has 16 heavy (non-hydrogen) atoms. The number of unbranched alkanes of at least 4 members (excludes halogenated alkanes) is 1. The molecule has 96 valence electrons. The lowest BCUT2D eigenvalue weighted by molar-refractivity contribution is 0.539. The zero-order chi connectivity index (χ0) is 11.9. The first kappa shape index (κ1) is 14.3. The van der Waals surface area contributed by atoms with Gasteiger partial charge in [-0.15, -0.1) is 0 Å². The molecule has 1 heterocycles. The van der Waals surface area contributed by atoms with Crippen LogP contribution in [-0.2, 0) is 10.0 Å². The predicted molar refractivity (Wildman–Crippen MR) is 70.4 cm³/mol. The molecule has 0 saturated carbocycles. The van der Waals surface area contributed by atoms with Gasteiger partial charge in [0.2, 0.25) is 10.0 Å². The third-order valence-electron chi connectivity index (χ3n) is 2.60. The molecule has 0 aromatic heterocycles. The van der Waals surface area contributed by atoms with E-state index in [1.165, 1.54) is 5.75 Å². The van der Waals surface area contributed by atoms with Crippen LogP contribution in [0.15, 0.2) is 0 Å². The second-order valence-electron chi connectivity index (χ2n) is 4.16. The topological polar surface area (TPSA) is 58.2 Å². The highest BCUT2D eigenvalue weighted by Gasteiger charge is 2.19. The zero-order valence-corrected chi connectivity index (χ0v) is 11.5. The van der Waals surface area contributed by atoms with E-state index in [-0.39, 0.29) is 11.8 Å². The van der Waals surface area contributed by atoms with Crippen LogP contribution in [0.4, 0.5) is 0 Å². The summed E-state index contributed by atoms with van der Waals surface area (Å²) >= 11 is 1.84. The molecule has 1 aliphatic rings. The van der Waals surface area contributed by atoms with E-state index >= 15 is 0 Å². The summed E-state index contributed by atoms with van der Waals surface area (Å²) in [4.78, 5) is 0. The quantitative estimate of drug-likeness (QED) is 0.669. The van der Waals surface area contributed by atoms with Crippen molar-refractivity contribution < 1.29 is 8.42 Å². The monoisotopic (exact) mass is 266 g/mol. The number of sulfonamides is 1. The SMILES string of the molecule is CNCCCCS(=O)(=O)NC1CCCSC1. The number of nitrogens with one attached hydrogen (secondary N) is 2. The third kappa shape index (κ3) is 6.08. The van der Waals surface area contributed by atoms with Gasteiger partial charge in [0.1, 0.15) is 0 Å². The fourth-order valence-corrected chi connectivity index (χ4v) is 4.33. The van der Waals surface area contributed by atoms with Crippen molar-refractivity contribution in [3.05, 3.63) is 0 Å². The molecular formula is C10H22N2O2S2. The van der Waals surface area contributed by atoms with Crippen molar-refractivity contribution in [3.8, 4) is 0 Å². The normalized spacial score (nSPS) is 22.2. The summed E-state index contributed by atoms with van der Waals surface area (Å²) in [5.41, 5.74) is 0. The van der Waals surface area contributed by atoms with Gasteiger partial charge in [0.15, 0.2) is 0 Å². The largest absolute Gasteiger partial charge is 0.320 e. The first-order valence-corrected chi connectivity index (χ1v) is 8.67. The molecule has 0 spiro atoms. The molecule has 1 rings (SSSR count). The smallest absolute Gasteiger partial charge is 0.211 e. The van der Waals surface area contributed by atoms with Crippen LogP contribution < -0.4 is 10.0 Å². The van der Waals surface area contributed by atoms with Gasteiger partial charge in [-0.2, -0.15) is 11.8 Å². The lowest BCUT2D eigenvalue weighted by Gasteiger charge is -2.22. The first-order chi connectivity index (χ1) is 7.64. The molecule has 1 saturated heterocycles. The minimum atomic E-state index is -3.05. The molecule has 0 aromatic rings. The molecule has 1 unspecified atom stereocenters. The number of hydrogen-bond acceptors (Lipinski definition) is 4. The van der Waals surface area contributed by atoms with Gasteiger partial charge < -0.3 is 5.32 Å². The van der Waals surface area contributed by atoms with Crippen LogP contribution in [0.5, 0.6) is 0 Å². The predicted octanol–water partition coefficient (Wildman–Crippen LogP) is 0.801. The molecule has 0 bridgehead atoms. The van der Waals surface area contributed by atoms with E-state index in [1.54, 1.807) is 0 Å². The van der Waals surface area contributed by atoms with Crippen LogP contribution in [-0.4, -0.2) is 45.3 Å². The Morgan fingerprint density at radius 3 is 2.81 bits per heavy atom. The highest BCUT2D eigenvalue weighted by molar-refractivity contribution is 7.99. The Labute approximate surface area is 103 Å². The Bertz CT molecular complexity index is 275. The van der Waals surface area contributed by atoms with E-state index < -0.39 is 10.0 Å². The number of hydrogen-bond donors (Lipinski definition) is 2. The molecule has 0 aliphatic carbocycles. The molecule has 0 amide bonds. The minimum Gasteiger partial charge on any atom is -0.320 e. The first-order valence-electron chi connectivity index (χ1n) is 5.86. The molecule has 1 atom stereocenters. The van der Waals surface area contributed by atoms with E-state index in [0.717, 1.165) is 38.0 Å². The standard InChI is InChI=1S/C10H22N2O2S2/c1-11-6-2-3-8-16(13,14)12-10-5-4-7-15-9-10/h10-12H,2-9H2,1H3. The van der Waals surface area contributed by atoms with Gasteiger partial charge >= 0.3 is 0 Å². The molecule has 0 aromatic carbocycles. The Hall–Kier alpha value is 0.220. The molecular weight excluding hydrogens is 244 g/mol. The molecule has 1 aliphatic heterocycles. The summed E-state index contributed by atoms with van der Waals surface area (Å²) in [6.07, 6.45) is 3.76. The second kappa shape index (κ2) is 7.53. The van der Waals surface area contributed by atoms with Crippen LogP contribution >= 0.6 is 11.8 Å². The van der Waals surface area contributed by atoms with Gasteiger partial charge in [-0.3, -0.25) is 0 Å². The molecule has 2 N–H and O–H groups in total. The van der Waals surface area contributed by atoms with Crippen LogP contribution in [0.3, 0.4) is 0 Å². The van der Waals surface area contributed by atoms with Gasteiger partial charge in [-0.1, -0.05) is 0 Å². The van der Waals surface area contributed by atoms with E-state index in [1.807, 2.05) is 18.8 Å². The van der Waals surface area contributed by atoms with Gasteiger partial charge in [-0.05, 0) is 45.0 Å². The Balaban J connectivity index is 2.22. The van der Waals surface area contributed by atoms with Crippen molar-refractivity contribution >= 4 is 21.8 Å². The average molecular weight is 266 g/mol. The van der Waals surface area contributed by atoms with E-state index in [4.69, 9.17) is 0 Å². The van der Waals surface area contributed by atoms with Crippen molar-refractivity contribution in [2.45, 2.75) is 31.7 Å². The maximum Gasteiger partial charge on any atom is 0.211 e. The summed E-state index contributed by atoms with van der Waals surface area (Å²) in [6, 6.07) is 0.160. The second-order valence-corrected chi connectivity index (χ2v) is 7.18. The maximum atomic E-state index is 11.7. The van der Waals surface area contributed by atoms with E-state index in [2.05, 4.69) is 10.0 Å². The number of rotatable bonds is 7. The number of thioether (sulfide) groups is 1. The lowest BCUT2D eigenvalue weighted by Crippen LogP contribution is -2.39. The van der Waals surface area contributed by atoms with Crippen molar-refractivity contribution in [3.63, 3.8) is 0 Å². The summed E-state index contributed by atoms with van der Waals surface area (Å²) < 4.78 is 26.2. The highest BCUT2D eigenvalue weighted by atomic mass is 32.2. The fourth-order valence-electron chi connectivity index (χ4n) is 1.74. The van der Waals surface area contributed by atoms with Crippen LogP contribution in [0.25, 0.3) is 0 Å². The summed E-state index contributed by atoms with van der Waals surface area (Å²) in [6.45, 7) is 0.884. The van der Waals surface area contributed by atoms with Crippen molar-refractivity contribution in [1.29, 1.82) is 0 Å². The van der Waals surface area contributed by atoms with Gasteiger partial charge in [0, 0.05) is 11.8 Å². The summed E-state index contributed by atoms with van der Waals surface area (Å²) in [5, 5.41) is 3.02. The van der Waals surface area contributed by atoms with Crippen LogP contribution in [0.1, 0.15) is 25.7 Å². The summed E-state index contributed by atoms with van der Waals surface area (Å²) in [5.74, 6) is 2.35. The maximum absolute atomic E-state index is 11.7. The van der Waals surface area contributed by atoms with E-state index in [9.17, 15) is 8.42 Å². The van der Waals surface area contributed by atoms with Crippen molar-refractivity contribution in [2.75, 3.05) is 30.9 Å². The Morgan fingerprint density at radius 2 is 2.19 bits per heavy atom. The molecule has 1 fully saturated rings. The van der Waals surface area contributed by atoms with Crippen LogP contribution in [0, 0.1) is 0 Å². The molecule has 4 nitrogen and oxygen atoms in total. The minimum absolute atomic E-state index is 0.160. The third-order valence-corrected chi connectivity index (χ3v) is 5.33. The van der Waals surface area contributed by atoms with Gasteiger partial charge in [-0.25, -0.2) is 13.1 Å². The fraction of sp³-hybridized carbons (Fsp3) is 1.00. The molecule has 6 heteroatoms. The lowest BCUT2D eigenvalue weighted by atomic mass is 10.2. The molecule has 0 radical (unpaired) electrons. The summed E-state index contributed by atoms with van der Waals surface area (Å²) in [7, 11) is -1.17. The van der Waals surface area contributed by atoms with E-state index in [0.29, 0.717) is 0 Å². The van der Waals surface area contributed by atoms with Crippen molar-refractivity contribution in [1.82, 2.24) is 10.0 Å².